The highest BCUT2D eigenvalue weighted by atomic mass is 16.3. The Morgan fingerprint density at radius 1 is 1.20 bits per heavy atom. The topological polar surface area (TPSA) is 69.6 Å². The van der Waals surface area contributed by atoms with E-state index in [0.29, 0.717) is 24.1 Å². The molecule has 5 nitrogen and oxygen atoms in total. The summed E-state index contributed by atoms with van der Waals surface area (Å²) >= 11 is 0. The number of nitrogens with zero attached hydrogens (tertiary/aromatic N) is 1. The molecule has 0 fully saturated rings. The lowest BCUT2D eigenvalue weighted by Crippen LogP contribution is -2.28. The molecule has 0 aliphatic rings. The Labute approximate surface area is 119 Å². The van der Waals surface area contributed by atoms with Crippen LogP contribution in [0.4, 0.5) is 0 Å². The largest absolute Gasteiger partial charge is 0.396 e. The van der Waals surface area contributed by atoms with Crippen LogP contribution in [0.15, 0.2) is 24.3 Å². The lowest BCUT2D eigenvalue weighted by molar-refractivity contribution is 0.0826. The normalized spacial score (nSPS) is 11.8. The van der Waals surface area contributed by atoms with Crippen LogP contribution in [-0.2, 0) is 0 Å². The lowest BCUT2D eigenvalue weighted by Gasteiger charge is -2.12. The second kappa shape index (κ2) is 7.65. The summed E-state index contributed by atoms with van der Waals surface area (Å²) in [6.07, 6.45) is 0.663. The molecule has 0 saturated carbocycles. The van der Waals surface area contributed by atoms with E-state index in [1.54, 1.807) is 38.4 Å². The van der Waals surface area contributed by atoms with Gasteiger partial charge < -0.3 is 15.3 Å². The third-order valence-corrected chi connectivity index (χ3v) is 3.03. The molecule has 110 valence electrons. The number of rotatable bonds is 6. The van der Waals surface area contributed by atoms with E-state index in [0.717, 1.165) is 0 Å². The van der Waals surface area contributed by atoms with Gasteiger partial charge in [0.15, 0.2) is 0 Å². The highest BCUT2D eigenvalue weighted by molar-refractivity contribution is 5.97. The minimum Gasteiger partial charge on any atom is -0.396 e. The minimum atomic E-state index is -0.168. The van der Waals surface area contributed by atoms with Crippen LogP contribution in [0.3, 0.4) is 0 Å². The number of aliphatic hydroxyl groups is 1. The van der Waals surface area contributed by atoms with Gasteiger partial charge in [0.05, 0.1) is 0 Å². The molecule has 0 aromatic heterocycles. The number of carbonyl (C=O) groups excluding carboxylic acids is 2. The fourth-order valence-corrected chi connectivity index (χ4v) is 1.71. The van der Waals surface area contributed by atoms with Gasteiger partial charge in [-0.2, -0.15) is 0 Å². The number of amides is 2. The molecule has 0 bridgehead atoms. The zero-order valence-electron chi connectivity index (χ0n) is 12.2. The van der Waals surface area contributed by atoms with Crippen molar-refractivity contribution in [3.63, 3.8) is 0 Å². The number of hydrogen-bond donors (Lipinski definition) is 2. The number of carbonyl (C=O) groups is 2. The molecule has 2 N–H and O–H groups in total. The molecule has 1 atom stereocenters. The van der Waals surface area contributed by atoms with Crippen molar-refractivity contribution in [1.29, 1.82) is 0 Å². The van der Waals surface area contributed by atoms with Crippen molar-refractivity contribution in [2.75, 3.05) is 27.2 Å². The van der Waals surface area contributed by atoms with E-state index in [9.17, 15) is 9.59 Å². The van der Waals surface area contributed by atoms with Crippen LogP contribution in [-0.4, -0.2) is 49.1 Å². The van der Waals surface area contributed by atoms with E-state index in [1.165, 1.54) is 4.90 Å². The Morgan fingerprint density at radius 3 is 2.25 bits per heavy atom. The van der Waals surface area contributed by atoms with Gasteiger partial charge in [0.1, 0.15) is 0 Å². The average Bonchev–Trinajstić information content (AvgIpc) is 2.44. The first-order valence-corrected chi connectivity index (χ1v) is 6.66. The van der Waals surface area contributed by atoms with Crippen molar-refractivity contribution < 1.29 is 14.7 Å². The van der Waals surface area contributed by atoms with Crippen molar-refractivity contribution in [2.24, 2.45) is 5.92 Å². The van der Waals surface area contributed by atoms with Gasteiger partial charge in [-0.1, -0.05) is 6.92 Å². The fourth-order valence-electron chi connectivity index (χ4n) is 1.71. The smallest absolute Gasteiger partial charge is 0.253 e. The van der Waals surface area contributed by atoms with Crippen LogP contribution >= 0.6 is 0 Å². The number of hydrogen-bond acceptors (Lipinski definition) is 3. The van der Waals surface area contributed by atoms with Crippen molar-refractivity contribution in [3.05, 3.63) is 35.4 Å². The molecule has 1 rings (SSSR count). The van der Waals surface area contributed by atoms with Crippen LogP contribution in [0.1, 0.15) is 34.1 Å². The Balaban J connectivity index is 2.60. The van der Waals surface area contributed by atoms with E-state index in [-0.39, 0.29) is 24.3 Å². The average molecular weight is 278 g/mol. The van der Waals surface area contributed by atoms with E-state index < -0.39 is 0 Å². The molecule has 0 radical (unpaired) electrons. The molecule has 1 aromatic carbocycles. The van der Waals surface area contributed by atoms with Crippen LogP contribution in [0.2, 0.25) is 0 Å². The van der Waals surface area contributed by atoms with E-state index in [1.807, 2.05) is 6.92 Å². The van der Waals surface area contributed by atoms with Gasteiger partial charge in [-0.3, -0.25) is 9.59 Å². The first kappa shape index (κ1) is 16.2. The quantitative estimate of drug-likeness (QED) is 0.819. The van der Waals surface area contributed by atoms with Gasteiger partial charge in [0.2, 0.25) is 0 Å². The Kier molecular flexibility index (Phi) is 6.18. The van der Waals surface area contributed by atoms with Gasteiger partial charge in [-0.15, -0.1) is 0 Å². The van der Waals surface area contributed by atoms with E-state index in [2.05, 4.69) is 5.32 Å². The van der Waals surface area contributed by atoms with E-state index in [4.69, 9.17) is 5.11 Å². The zero-order chi connectivity index (χ0) is 15.1. The molecule has 0 aliphatic heterocycles. The Bertz CT molecular complexity index is 455. The van der Waals surface area contributed by atoms with E-state index >= 15 is 0 Å². The zero-order valence-corrected chi connectivity index (χ0v) is 12.2. The van der Waals surface area contributed by atoms with Crippen LogP contribution in [0, 0.1) is 5.92 Å². The monoisotopic (exact) mass is 278 g/mol. The summed E-state index contributed by atoms with van der Waals surface area (Å²) in [7, 11) is 3.37. The SMILES string of the molecule is CC(CCO)CNC(=O)c1ccc(C(=O)N(C)C)cc1. The Morgan fingerprint density at radius 2 is 1.75 bits per heavy atom. The second-order valence-electron chi connectivity index (χ2n) is 5.10. The molecule has 1 unspecified atom stereocenters. The Hall–Kier alpha value is -1.88. The molecule has 0 heterocycles. The maximum absolute atomic E-state index is 11.9. The summed E-state index contributed by atoms with van der Waals surface area (Å²) in [5, 5.41) is 11.6. The summed E-state index contributed by atoms with van der Waals surface area (Å²) in [6.45, 7) is 2.62. The highest BCUT2D eigenvalue weighted by Gasteiger charge is 2.11. The molecule has 0 aliphatic carbocycles. The summed E-state index contributed by atoms with van der Waals surface area (Å²) in [4.78, 5) is 25.1. The summed E-state index contributed by atoms with van der Waals surface area (Å²) in [5.41, 5.74) is 1.08. The van der Waals surface area contributed by atoms with Gasteiger partial charge >= 0.3 is 0 Å². The number of benzene rings is 1. The molecule has 20 heavy (non-hydrogen) atoms. The standard InChI is InChI=1S/C15H22N2O3/c1-11(8-9-18)10-16-14(19)12-4-6-13(7-5-12)15(20)17(2)3/h4-7,11,18H,8-10H2,1-3H3,(H,16,19). The fraction of sp³-hybridized carbons (Fsp3) is 0.467. The number of aliphatic hydroxyl groups excluding tert-OH is 1. The molecular formula is C15H22N2O3. The van der Waals surface area contributed by atoms with Crippen molar-refractivity contribution in [2.45, 2.75) is 13.3 Å². The highest BCUT2D eigenvalue weighted by Crippen LogP contribution is 2.07. The molecule has 2 amide bonds. The summed E-state index contributed by atoms with van der Waals surface area (Å²) in [5.74, 6) is -0.0225. The number of nitrogens with one attached hydrogen (secondary N) is 1. The third-order valence-electron chi connectivity index (χ3n) is 3.03. The van der Waals surface area contributed by atoms with Crippen molar-refractivity contribution in [1.82, 2.24) is 10.2 Å². The van der Waals surface area contributed by atoms with Crippen molar-refractivity contribution in [3.8, 4) is 0 Å². The van der Waals surface area contributed by atoms with Crippen LogP contribution in [0.25, 0.3) is 0 Å². The van der Waals surface area contributed by atoms with Crippen LogP contribution in [0.5, 0.6) is 0 Å². The first-order chi connectivity index (χ1) is 9.45. The van der Waals surface area contributed by atoms with Crippen molar-refractivity contribution >= 4 is 11.8 Å². The summed E-state index contributed by atoms with van der Waals surface area (Å²) in [6, 6.07) is 6.58. The van der Waals surface area contributed by atoms with Gasteiger partial charge in [-0.05, 0) is 36.6 Å². The molecular weight excluding hydrogens is 256 g/mol. The summed E-state index contributed by atoms with van der Waals surface area (Å²) < 4.78 is 0. The molecule has 5 heteroatoms. The van der Waals surface area contributed by atoms with Gasteiger partial charge in [0.25, 0.3) is 11.8 Å². The minimum absolute atomic E-state index is 0.0893. The van der Waals surface area contributed by atoms with Crippen LogP contribution < -0.4 is 5.32 Å². The van der Waals surface area contributed by atoms with Gasteiger partial charge in [-0.25, -0.2) is 0 Å². The third kappa shape index (κ3) is 4.66. The maximum atomic E-state index is 11.9. The first-order valence-electron chi connectivity index (χ1n) is 6.66. The second-order valence-corrected chi connectivity index (χ2v) is 5.10. The predicted molar refractivity (Wildman–Crippen MR) is 77.7 cm³/mol. The lowest BCUT2D eigenvalue weighted by atomic mass is 10.1. The predicted octanol–water partition coefficient (Wildman–Crippen LogP) is 1.14. The molecule has 0 spiro atoms. The molecule has 0 saturated heterocycles. The maximum Gasteiger partial charge on any atom is 0.253 e. The van der Waals surface area contributed by atoms with Gasteiger partial charge in [0, 0.05) is 38.4 Å². The molecule has 1 aromatic rings.